The molecular weight excluding hydrogens is 250 g/mol. The number of carbonyl (C=O) groups is 1. The fourth-order valence-electron chi connectivity index (χ4n) is 2.05. The second kappa shape index (κ2) is 10.3. The molecule has 0 aliphatic heterocycles. The van der Waals surface area contributed by atoms with Gasteiger partial charge in [0.25, 0.3) is 0 Å². The first-order valence-corrected chi connectivity index (χ1v) is 7.47. The lowest BCUT2D eigenvalue weighted by molar-refractivity contribution is -0.121. The van der Waals surface area contributed by atoms with Gasteiger partial charge in [-0.05, 0) is 37.9 Å². The van der Waals surface area contributed by atoms with Crippen molar-refractivity contribution < 1.29 is 4.79 Å². The number of nitrogens with one attached hydrogen (secondary N) is 1. The molecule has 0 radical (unpaired) electrons. The van der Waals surface area contributed by atoms with Crippen molar-refractivity contribution in [3.63, 3.8) is 0 Å². The highest BCUT2D eigenvalue weighted by Crippen LogP contribution is 2.10. The van der Waals surface area contributed by atoms with Crippen LogP contribution in [0.15, 0.2) is 30.3 Å². The van der Waals surface area contributed by atoms with Crippen LogP contribution in [-0.4, -0.2) is 32.6 Å². The van der Waals surface area contributed by atoms with E-state index in [1.54, 1.807) is 0 Å². The third-order valence-corrected chi connectivity index (χ3v) is 3.30. The Labute approximate surface area is 122 Å². The van der Waals surface area contributed by atoms with Crippen LogP contribution < -0.4 is 16.0 Å². The zero-order chi connectivity index (χ0) is 14.6. The average Bonchev–Trinajstić information content (AvgIpc) is 2.49. The Morgan fingerprint density at radius 1 is 1.15 bits per heavy atom. The Balaban J connectivity index is 2.05. The molecule has 3 N–H and O–H groups in total. The van der Waals surface area contributed by atoms with Gasteiger partial charge in [-0.25, -0.2) is 0 Å². The van der Waals surface area contributed by atoms with Gasteiger partial charge in [-0.15, -0.1) is 0 Å². The second-order valence-electron chi connectivity index (χ2n) is 5.06. The third-order valence-electron chi connectivity index (χ3n) is 3.30. The molecule has 1 aromatic rings. The second-order valence-corrected chi connectivity index (χ2v) is 5.06. The number of unbranched alkanes of at least 4 members (excludes halogenated alkanes) is 2. The van der Waals surface area contributed by atoms with Crippen molar-refractivity contribution >= 4 is 11.6 Å². The van der Waals surface area contributed by atoms with Gasteiger partial charge in [0, 0.05) is 32.2 Å². The van der Waals surface area contributed by atoms with Gasteiger partial charge >= 0.3 is 0 Å². The summed E-state index contributed by atoms with van der Waals surface area (Å²) in [6.45, 7) is 2.40. The number of carbonyl (C=O) groups excluding carboxylic acids is 1. The van der Waals surface area contributed by atoms with Gasteiger partial charge in [0.15, 0.2) is 0 Å². The van der Waals surface area contributed by atoms with Gasteiger partial charge in [-0.3, -0.25) is 4.79 Å². The van der Waals surface area contributed by atoms with Gasteiger partial charge in [-0.2, -0.15) is 0 Å². The summed E-state index contributed by atoms with van der Waals surface area (Å²) < 4.78 is 0. The Bertz CT molecular complexity index is 367. The maximum absolute atomic E-state index is 11.6. The fourth-order valence-corrected chi connectivity index (χ4v) is 2.05. The maximum Gasteiger partial charge on any atom is 0.219 e. The zero-order valence-corrected chi connectivity index (χ0v) is 12.5. The Hall–Kier alpha value is -1.55. The highest BCUT2D eigenvalue weighted by atomic mass is 16.1. The molecule has 4 heteroatoms. The SMILES string of the molecule is CN(CCCNC(=O)CCCCCN)c1ccccc1. The van der Waals surface area contributed by atoms with Crippen molar-refractivity contribution in [3.05, 3.63) is 30.3 Å². The Morgan fingerprint density at radius 3 is 2.60 bits per heavy atom. The van der Waals surface area contributed by atoms with Crippen LogP contribution in [0.1, 0.15) is 32.1 Å². The lowest BCUT2D eigenvalue weighted by Crippen LogP contribution is -2.28. The first-order chi connectivity index (χ1) is 9.74. The summed E-state index contributed by atoms with van der Waals surface area (Å²) in [6.07, 6.45) is 4.57. The molecule has 1 aromatic carbocycles. The molecule has 0 atom stereocenters. The standard InChI is InChI=1S/C16H27N3O/c1-19(15-9-4-2-5-10-15)14-8-13-18-16(20)11-6-3-7-12-17/h2,4-5,9-10H,3,6-8,11-14,17H2,1H3,(H,18,20). The van der Waals surface area contributed by atoms with Crippen LogP contribution in [0, 0.1) is 0 Å². The molecule has 0 unspecified atom stereocenters. The van der Waals surface area contributed by atoms with Crippen molar-refractivity contribution in [2.45, 2.75) is 32.1 Å². The van der Waals surface area contributed by atoms with E-state index < -0.39 is 0 Å². The maximum atomic E-state index is 11.6. The van der Waals surface area contributed by atoms with Crippen molar-refractivity contribution in [1.29, 1.82) is 0 Å². The lowest BCUT2D eigenvalue weighted by Gasteiger charge is -2.19. The van der Waals surface area contributed by atoms with E-state index in [-0.39, 0.29) is 5.91 Å². The van der Waals surface area contributed by atoms with E-state index in [4.69, 9.17) is 5.73 Å². The number of nitrogens with two attached hydrogens (primary N) is 1. The average molecular weight is 277 g/mol. The van der Waals surface area contributed by atoms with Gasteiger partial charge in [0.2, 0.25) is 5.91 Å². The molecule has 0 fully saturated rings. The first kappa shape index (κ1) is 16.5. The summed E-state index contributed by atoms with van der Waals surface area (Å²) in [5.41, 5.74) is 6.62. The van der Waals surface area contributed by atoms with E-state index in [0.717, 1.165) is 38.8 Å². The molecule has 20 heavy (non-hydrogen) atoms. The quantitative estimate of drug-likeness (QED) is 0.644. The molecule has 1 rings (SSSR count). The normalized spacial score (nSPS) is 10.3. The van der Waals surface area contributed by atoms with Crippen LogP contribution in [0.4, 0.5) is 5.69 Å². The number of amides is 1. The first-order valence-electron chi connectivity index (χ1n) is 7.47. The van der Waals surface area contributed by atoms with E-state index in [0.29, 0.717) is 13.0 Å². The fraction of sp³-hybridized carbons (Fsp3) is 0.562. The number of benzene rings is 1. The zero-order valence-electron chi connectivity index (χ0n) is 12.5. The van der Waals surface area contributed by atoms with Crippen LogP contribution in [-0.2, 0) is 4.79 Å². The van der Waals surface area contributed by atoms with Gasteiger partial charge in [0.05, 0.1) is 0 Å². The summed E-state index contributed by atoms with van der Waals surface area (Å²) in [7, 11) is 2.07. The number of hydrogen-bond acceptors (Lipinski definition) is 3. The minimum Gasteiger partial charge on any atom is -0.375 e. The summed E-state index contributed by atoms with van der Waals surface area (Å²) in [4.78, 5) is 13.8. The summed E-state index contributed by atoms with van der Waals surface area (Å²) in [5.74, 6) is 0.157. The van der Waals surface area contributed by atoms with E-state index in [9.17, 15) is 4.79 Å². The monoisotopic (exact) mass is 277 g/mol. The van der Waals surface area contributed by atoms with E-state index in [2.05, 4.69) is 29.4 Å². The molecule has 4 nitrogen and oxygen atoms in total. The van der Waals surface area contributed by atoms with Crippen molar-refractivity contribution in [2.24, 2.45) is 5.73 Å². The van der Waals surface area contributed by atoms with Gasteiger partial charge in [0.1, 0.15) is 0 Å². The number of nitrogens with zero attached hydrogens (tertiary/aromatic N) is 1. The molecule has 112 valence electrons. The Kier molecular flexibility index (Phi) is 8.47. The highest BCUT2D eigenvalue weighted by Gasteiger charge is 2.02. The minimum atomic E-state index is 0.157. The van der Waals surface area contributed by atoms with E-state index in [1.807, 2.05) is 18.2 Å². The van der Waals surface area contributed by atoms with Crippen LogP contribution in [0.3, 0.4) is 0 Å². The molecule has 0 aliphatic carbocycles. The number of para-hydroxylation sites is 1. The van der Waals surface area contributed by atoms with Gasteiger partial charge < -0.3 is 16.0 Å². The van der Waals surface area contributed by atoms with E-state index in [1.165, 1.54) is 5.69 Å². The van der Waals surface area contributed by atoms with Crippen LogP contribution in [0.25, 0.3) is 0 Å². The summed E-state index contributed by atoms with van der Waals surface area (Å²) in [6, 6.07) is 10.3. The highest BCUT2D eigenvalue weighted by molar-refractivity contribution is 5.75. The molecule has 0 saturated heterocycles. The van der Waals surface area contributed by atoms with Crippen molar-refractivity contribution in [3.8, 4) is 0 Å². The third kappa shape index (κ3) is 7.14. The number of anilines is 1. The number of hydrogen-bond donors (Lipinski definition) is 2. The molecular formula is C16H27N3O. The molecule has 0 bridgehead atoms. The number of rotatable bonds is 10. The van der Waals surface area contributed by atoms with Crippen molar-refractivity contribution in [2.75, 3.05) is 31.6 Å². The van der Waals surface area contributed by atoms with Crippen LogP contribution in [0.2, 0.25) is 0 Å². The largest absolute Gasteiger partial charge is 0.375 e. The van der Waals surface area contributed by atoms with Crippen LogP contribution in [0.5, 0.6) is 0 Å². The predicted molar refractivity (Wildman–Crippen MR) is 84.9 cm³/mol. The lowest BCUT2D eigenvalue weighted by atomic mass is 10.2. The predicted octanol–water partition coefficient (Wildman–Crippen LogP) is 2.15. The molecule has 0 aromatic heterocycles. The summed E-state index contributed by atoms with van der Waals surface area (Å²) in [5, 5.41) is 2.97. The molecule has 1 amide bonds. The topological polar surface area (TPSA) is 58.4 Å². The molecule has 0 aliphatic rings. The molecule has 0 spiro atoms. The Morgan fingerprint density at radius 2 is 1.90 bits per heavy atom. The minimum absolute atomic E-state index is 0.157. The van der Waals surface area contributed by atoms with E-state index >= 15 is 0 Å². The molecule has 0 heterocycles. The summed E-state index contributed by atoms with van der Waals surface area (Å²) >= 11 is 0. The van der Waals surface area contributed by atoms with Gasteiger partial charge in [-0.1, -0.05) is 24.6 Å². The van der Waals surface area contributed by atoms with Crippen molar-refractivity contribution in [1.82, 2.24) is 5.32 Å². The molecule has 0 saturated carbocycles. The smallest absolute Gasteiger partial charge is 0.219 e. The van der Waals surface area contributed by atoms with Crippen LogP contribution >= 0.6 is 0 Å².